The minimum absolute atomic E-state index is 0.160. The molecule has 0 atom stereocenters. The molecule has 0 unspecified atom stereocenters. The van der Waals surface area contributed by atoms with Gasteiger partial charge in [0.2, 0.25) is 0 Å². The van der Waals surface area contributed by atoms with E-state index in [-0.39, 0.29) is 10.8 Å². The van der Waals surface area contributed by atoms with Gasteiger partial charge in [-0.2, -0.15) is 0 Å². The van der Waals surface area contributed by atoms with Crippen LogP contribution in [0, 0.1) is 0 Å². The van der Waals surface area contributed by atoms with Crippen LogP contribution in [0.15, 0.2) is 194 Å². The van der Waals surface area contributed by atoms with Crippen LogP contribution in [0.1, 0.15) is 84.0 Å². The van der Waals surface area contributed by atoms with Crippen LogP contribution in [0.3, 0.4) is 0 Å². The molecule has 2 spiro atoms. The van der Waals surface area contributed by atoms with Crippen LogP contribution in [0.2, 0.25) is 0 Å². The van der Waals surface area contributed by atoms with Crippen molar-refractivity contribution in [2.24, 2.45) is 0 Å². The highest BCUT2D eigenvalue weighted by Crippen LogP contribution is 2.62. The Morgan fingerprint density at radius 2 is 0.474 bits per heavy atom. The van der Waals surface area contributed by atoms with Crippen LogP contribution in [0.25, 0.3) is 44.5 Å². The van der Waals surface area contributed by atoms with Gasteiger partial charge < -0.3 is 0 Å². The topological polar surface area (TPSA) is 0 Å². The van der Waals surface area contributed by atoms with E-state index >= 15 is 0 Å². The minimum atomic E-state index is -0.180. The standard InChI is InChI=1S/C25H16.C17H16.C15H14/c1-5-13-21-17(9-1)18-10-2-6-14-22(18)25(21)23-15-7-3-11-19(23)20-12-4-8-16-24(20)25;1-3-9-15-13(7-1)14-8-2-4-10-16(14)17(15)11-5-6-12-17;1-15(2)13-9-5-3-7-11(13)12-8-4-6-10-14(12)15/h1-16H;1-4,7-10H,5-6,11-12H2;3-10H,1-2H3. The zero-order chi connectivity index (χ0) is 38.2. The fraction of sp³-hybridized carbons (Fsp3) is 0.158. The minimum Gasteiger partial charge on any atom is -0.0619 e. The summed E-state index contributed by atoms with van der Waals surface area (Å²) in [5.74, 6) is 0. The van der Waals surface area contributed by atoms with E-state index in [1.165, 1.54) is 104 Å². The third-order valence-electron chi connectivity index (χ3n) is 14.0. The van der Waals surface area contributed by atoms with Crippen molar-refractivity contribution in [2.75, 3.05) is 0 Å². The zero-order valence-electron chi connectivity index (χ0n) is 32.8. The van der Waals surface area contributed by atoms with Gasteiger partial charge in [-0.25, -0.2) is 0 Å². The number of benzene rings is 8. The first-order chi connectivity index (χ1) is 28.0. The van der Waals surface area contributed by atoms with Crippen LogP contribution in [0.4, 0.5) is 0 Å². The van der Waals surface area contributed by atoms with Crippen molar-refractivity contribution in [1.29, 1.82) is 0 Å². The summed E-state index contributed by atoms with van der Waals surface area (Å²) in [5.41, 5.74) is 23.3. The molecule has 5 aliphatic carbocycles. The fourth-order valence-corrected chi connectivity index (χ4v) is 11.7. The van der Waals surface area contributed by atoms with E-state index in [1.54, 1.807) is 11.1 Å². The molecule has 274 valence electrons. The van der Waals surface area contributed by atoms with Crippen molar-refractivity contribution in [3.8, 4) is 44.5 Å². The summed E-state index contributed by atoms with van der Waals surface area (Å²) in [6.07, 6.45) is 5.42. The van der Waals surface area contributed by atoms with Gasteiger partial charge in [0.15, 0.2) is 0 Å². The Hall–Kier alpha value is -6.24. The number of fused-ring (bicyclic) bond motifs is 18. The summed E-state index contributed by atoms with van der Waals surface area (Å²) in [5, 5.41) is 0. The normalized spacial score (nSPS) is 16.4. The van der Waals surface area contributed by atoms with Crippen molar-refractivity contribution >= 4 is 0 Å². The third kappa shape index (κ3) is 4.74. The molecule has 0 amide bonds. The summed E-state index contributed by atoms with van der Waals surface area (Å²) < 4.78 is 0. The molecular formula is C57H46. The van der Waals surface area contributed by atoms with E-state index in [2.05, 4.69) is 208 Å². The van der Waals surface area contributed by atoms with Gasteiger partial charge in [0.1, 0.15) is 0 Å². The van der Waals surface area contributed by atoms with Crippen LogP contribution in [-0.2, 0) is 16.2 Å². The van der Waals surface area contributed by atoms with Crippen LogP contribution < -0.4 is 0 Å². The smallest absolute Gasteiger partial charge is 0.0619 e. The third-order valence-corrected chi connectivity index (χ3v) is 14.0. The van der Waals surface area contributed by atoms with Gasteiger partial charge in [-0.05, 0) is 102 Å². The molecule has 57 heavy (non-hydrogen) atoms. The van der Waals surface area contributed by atoms with Gasteiger partial charge in [0, 0.05) is 10.8 Å². The Kier molecular flexibility index (Phi) is 7.71. The molecule has 0 N–H and O–H groups in total. The highest BCUT2D eigenvalue weighted by atomic mass is 14.5. The molecule has 13 rings (SSSR count). The Morgan fingerprint density at radius 3 is 0.772 bits per heavy atom. The number of hydrogen-bond donors (Lipinski definition) is 0. The molecule has 0 aliphatic heterocycles. The Bertz CT molecular complexity index is 2560. The first-order valence-corrected chi connectivity index (χ1v) is 20.8. The van der Waals surface area contributed by atoms with Crippen molar-refractivity contribution < 1.29 is 0 Å². The summed E-state index contributed by atoms with van der Waals surface area (Å²) >= 11 is 0. The van der Waals surface area contributed by atoms with E-state index in [4.69, 9.17) is 0 Å². The first kappa shape index (κ1) is 34.0. The lowest BCUT2D eigenvalue weighted by atomic mass is 9.70. The fourth-order valence-electron chi connectivity index (χ4n) is 11.7. The second-order valence-electron chi connectivity index (χ2n) is 17.0. The van der Waals surface area contributed by atoms with E-state index < -0.39 is 0 Å². The van der Waals surface area contributed by atoms with Gasteiger partial charge in [-0.1, -0.05) is 221 Å². The summed E-state index contributed by atoms with van der Waals surface area (Å²) in [6.45, 7) is 4.61. The molecule has 0 heteroatoms. The molecule has 0 nitrogen and oxygen atoms in total. The molecule has 5 aliphatic rings. The molecule has 1 saturated carbocycles. The molecule has 0 bridgehead atoms. The average Bonchev–Trinajstić information content (AvgIpc) is 4.07. The predicted molar refractivity (Wildman–Crippen MR) is 238 cm³/mol. The Morgan fingerprint density at radius 1 is 0.263 bits per heavy atom. The zero-order valence-corrected chi connectivity index (χ0v) is 32.8. The van der Waals surface area contributed by atoms with Crippen LogP contribution in [-0.4, -0.2) is 0 Å². The maximum atomic E-state index is 2.35. The first-order valence-electron chi connectivity index (χ1n) is 20.8. The predicted octanol–water partition coefficient (Wildman–Crippen LogP) is 14.6. The van der Waals surface area contributed by atoms with Crippen molar-refractivity contribution in [1.82, 2.24) is 0 Å². The molecule has 1 fully saturated rings. The van der Waals surface area contributed by atoms with E-state index in [1.807, 2.05) is 0 Å². The Labute approximate surface area is 337 Å². The maximum absolute atomic E-state index is 2.35. The number of hydrogen-bond acceptors (Lipinski definition) is 0. The van der Waals surface area contributed by atoms with Gasteiger partial charge in [-0.15, -0.1) is 0 Å². The number of rotatable bonds is 0. The van der Waals surface area contributed by atoms with E-state index in [0.29, 0.717) is 5.41 Å². The summed E-state index contributed by atoms with van der Waals surface area (Å²) in [6, 6.07) is 71.1. The van der Waals surface area contributed by atoms with E-state index in [9.17, 15) is 0 Å². The maximum Gasteiger partial charge on any atom is 0.0725 e. The molecule has 0 radical (unpaired) electrons. The van der Waals surface area contributed by atoms with Crippen molar-refractivity contribution in [3.63, 3.8) is 0 Å². The molecule has 0 heterocycles. The monoisotopic (exact) mass is 730 g/mol. The lowest BCUT2D eigenvalue weighted by molar-refractivity contribution is 0.550. The second kappa shape index (κ2) is 12.9. The second-order valence-corrected chi connectivity index (χ2v) is 17.0. The highest BCUT2D eigenvalue weighted by Gasteiger charge is 2.51. The largest absolute Gasteiger partial charge is 0.0725 e. The van der Waals surface area contributed by atoms with Gasteiger partial charge in [-0.3, -0.25) is 0 Å². The molecule has 8 aromatic carbocycles. The van der Waals surface area contributed by atoms with Crippen molar-refractivity contribution in [2.45, 2.75) is 55.8 Å². The molecule has 0 aromatic heterocycles. The highest BCUT2D eigenvalue weighted by molar-refractivity contribution is 5.95. The lowest BCUT2D eigenvalue weighted by Crippen LogP contribution is -2.25. The lowest BCUT2D eigenvalue weighted by Gasteiger charge is -2.30. The van der Waals surface area contributed by atoms with Gasteiger partial charge >= 0.3 is 0 Å². The molecule has 8 aromatic rings. The summed E-state index contributed by atoms with van der Waals surface area (Å²) in [4.78, 5) is 0. The molecule has 0 saturated heterocycles. The van der Waals surface area contributed by atoms with Gasteiger partial charge in [0.25, 0.3) is 0 Å². The molecular weight excluding hydrogens is 685 g/mol. The quantitative estimate of drug-likeness (QED) is 0.146. The average molecular weight is 731 g/mol. The van der Waals surface area contributed by atoms with Gasteiger partial charge in [0.05, 0.1) is 5.41 Å². The van der Waals surface area contributed by atoms with Crippen LogP contribution >= 0.6 is 0 Å². The van der Waals surface area contributed by atoms with Crippen LogP contribution in [0.5, 0.6) is 0 Å². The SMILES string of the molecule is CC1(C)c2ccccc2-c2ccccc21.c1ccc2c(c1)-c1ccccc1C21CCCC1.c1ccc2c(c1)-c1ccccc1C21c2ccccc2-c2ccccc21. The Balaban J connectivity index is 0.000000103. The summed E-state index contributed by atoms with van der Waals surface area (Å²) in [7, 11) is 0. The van der Waals surface area contributed by atoms with E-state index in [0.717, 1.165) is 0 Å². The van der Waals surface area contributed by atoms with Crippen molar-refractivity contribution in [3.05, 3.63) is 239 Å².